The van der Waals surface area contributed by atoms with E-state index in [0.717, 1.165) is 24.1 Å². The fraction of sp³-hybridized carbons (Fsp3) is 0.500. The van der Waals surface area contributed by atoms with Crippen molar-refractivity contribution < 1.29 is 9.00 Å². The smallest absolute Gasteiger partial charge is 0.253 e. The van der Waals surface area contributed by atoms with E-state index in [1.807, 2.05) is 32.2 Å². The van der Waals surface area contributed by atoms with Crippen molar-refractivity contribution in [2.45, 2.75) is 25.8 Å². The Morgan fingerprint density at radius 2 is 2.00 bits per heavy atom. The van der Waals surface area contributed by atoms with Crippen LogP contribution >= 0.6 is 0 Å². The predicted octanol–water partition coefficient (Wildman–Crippen LogP) is 1.68. The number of hydrogen-bond acceptors (Lipinski definition) is 3. The molecule has 1 aliphatic heterocycles. The summed E-state index contributed by atoms with van der Waals surface area (Å²) in [6.45, 7) is 1.97. The Hall–Kier alpha value is -1.36. The highest BCUT2D eigenvalue weighted by atomic mass is 32.2. The van der Waals surface area contributed by atoms with Gasteiger partial charge in [-0.1, -0.05) is 11.6 Å². The van der Waals surface area contributed by atoms with Crippen molar-refractivity contribution in [2.75, 3.05) is 23.9 Å². The maximum absolute atomic E-state index is 12.3. The molecule has 1 saturated heterocycles. The van der Waals surface area contributed by atoms with Crippen molar-refractivity contribution in [3.05, 3.63) is 29.3 Å². The molecule has 0 atom stereocenters. The summed E-state index contributed by atoms with van der Waals surface area (Å²) >= 11 is 0. The Morgan fingerprint density at radius 3 is 2.63 bits per heavy atom. The first-order valence-corrected chi connectivity index (χ1v) is 8.03. The van der Waals surface area contributed by atoms with E-state index in [4.69, 9.17) is 0 Å². The molecule has 5 heteroatoms. The van der Waals surface area contributed by atoms with Crippen LogP contribution in [0.25, 0.3) is 0 Å². The number of anilines is 1. The number of carbonyl (C=O) groups is 1. The van der Waals surface area contributed by atoms with Gasteiger partial charge in [-0.2, -0.15) is 0 Å². The van der Waals surface area contributed by atoms with Crippen LogP contribution in [0.5, 0.6) is 0 Å². The quantitative estimate of drug-likeness (QED) is 0.885. The van der Waals surface area contributed by atoms with Crippen molar-refractivity contribution in [3.63, 3.8) is 0 Å². The second-order valence-electron chi connectivity index (χ2n) is 4.89. The summed E-state index contributed by atoms with van der Waals surface area (Å²) in [5.74, 6) is 1.33. The normalized spacial score (nSPS) is 22.8. The summed E-state index contributed by atoms with van der Waals surface area (Å²) in [4.78, 5) is 12.3. The van der Waals surface area contributed by atoms with Gasteiger partial charge in [-0.3, -0.25) is 9.00 Å². The number of nitrogens with one attached hydrogen (secondary N) is 2. The zero-order chi connectivity index (χ0) is 13.8. The average molecular weight is 280 g/mol. The van der Waals surface area contributed by atoms with Gasteiger partial charge in [-0.15, -0.1) is 0 Å². The van der Waals surface area contributed by atoms with Crippen LogP contribution in [0.2, 0.25) is 0 Å². The molecule has 1 amide bonds. The number of benzene rings is 1. The van der Waals surface area contributed by atoms with Crippen LogP contribution in [0, 0.1) is 6.92 Å². The van der Waals surface area contributed by atoms with Crippen LogP contribution in [0.15, 0.2) is 18.2 Å². The van der Waals surface area contributed by atoms with Gasteiger partial charge < -0.3 is 10.6 Å². The topological polar surface area (TPSA) is 58.2 Å². The maximum Gasteiger partial charge on any atom is 0.253 e. The van der Waals surface area contributed by atoms with Crippen LogP contribution in [-0.4, -0.2) is 34.7 Å². The third-order valence-electron chi connectivity index (χ3n) is 3.41. The molecule has 4 nitrogen and oxygen atoms in total. The molecule has 1 fully saturated rings. The summed E-state index contributed by atoms with van der Waals surface area (Å²) in [6, 6.07) is 5.93. The highest BCUT2D eigenvalue weighted by molar-refractivity contribution is 7.85. The van der Waals surface area contributed by atoms with Crippen molar-refractivity contribution in [1.29, 1.82) is 0 Å². The molecule has 0 aromatic heterocycles. The molecule has 1 heterocycles. The lowest BCUT2D eigenvalue weighted by atomic mass is 10.1. The lowest BCUT2D eigenvalue weighted by molar-refractivity contribution is 0.0935. The van der Waals surface area contributed by atoms with E-state index in [1.54, 1.807) is 0 Å². The van der Waals surface area contributed by atoms with Crippen molar-refractivity contribution in [3.8, 4) is 0 Å². The number of amides is 1. The Labute approximate surface area is 116 Å². The summed E-state index contributed by atoms with van der Waals surface area (Å²) < 4.78 is 11.3. The molecule has 0 aliphatic carbocycles. The van der Waals surface area contributed by atoms with E-state index >= 15 is 0 Å². The molecule has 19 heavy (non-hydrogen) atoms. The molecule has 0 bridgehead atoms. The van der Waals surface area contributed by atoms with E-state index < -0.39 is 10.8 Å². The van der Waals surface area contributed by atoms with Gasteiger partial charge in [0.05, 0.1) is 5.56 Å². The first-order valence-electron chi connectivity index (χ1n) is 6.54. The van der Waals surface area contributed by atoms with Gasteiger partial charge in [0.25, 0.3) is 5.91 Å². The fourth-order valence-electron chi connectivity index (χ4n) is 2.27. The van der Waals surface area contributed by atoms with Crippen molar-refractivity contribution in [2.24, 2.45) is 0 Å². The Morgan fingerprint density at radius 1 is 1.32 bits per heavy atom. The van der Waals surface area contributed by atoms with E-state index in [2.05, 4.69) is 10.6 Å². The molecule has 2 rings (SSSR count). The Bertz CT molecular complexity index is 492. The number of hydrogen-bond donors (Lipinski definition) is 2. The summed E-state index contributed by atoms with van der Waals surface area (Å²) in [5, 5.41) is 6.08. The minimum atomic E-state index is -0.694. The van der Waals surface area contributed by atoms with Crippen LogP contribution in [0.3, 0.4) is 0 Å². The van der Waals surface area contributed by atoms with E-state index in [1.165, 1.54) is 0 Å². The lowest BCUT2D eigenvalue weighted by Crippen LogP contribution is -2.39. The van der Waals surface area contributed by atoms with Gasteiger partial charge in [0.1, 0.15) is 0 Å². The Kier molecular flexibility index (Phi) is 4.58. The maximum atomic E-state index is 12.3. The van der Waals surface area contributed by atoms with Gasteiger partial charge in [0, 0.05) is 41.1 Å². The van der Waals surface area contributed by atoms with Gasteiger partial charge in [-0.05, 0) is 31.9 Å². The minimum Gasteiger partial charge on any atom is -0.387 e. The molecule has 0 saturated carbocycles. The number of carbonyl (C=O) groups excluding carboxylic acids is 1. The highest BCUT2D eigenvalue weighted by Gasteiger charge is 2.21. The summed E-state index contributed by atoms with van der Waals surface area (Å²) in [5.41, 5.74) is 2.57. The van der Waals surface area contributed by atoms with Crippen LogP contribution in [0.1, 0.15) is 28.8 Å². The first kappa shape index (κ1) is 14.1. The predicted molar refractivity (Wildman–Crippen MR) is 79.1 cm³/mol. The molecular formula is C14H20N2O2S. The molecule has 0 radical (unpaired) electrons. The van der Waals surface area contributed by atoms with Gasteiger partial charge in [0.2, 0.25) is 0 Å². The largest absolute Gasteiger partial charge is 0.387 e. The zero-order valence-corrected chi connectivity index (χ0v) is 12.2. The molecule has 2 N–H and O–H groups in total. The standard InChI is InChI=1S/C14H20N2O2S/c1-10-3-4-13(15-2)12(9-10)14(17)16-11-5-7-19(18)8-6-11/h3-4,9,11,15H,5-8H2,1-2H3,(H,16,17). The summed E-state index contributed by atoms with van der Waals surface area (Å²) in [7, 11) is 1.12. The molecule has 1 aromatic rings. The minimum absolute atomic E-state index is 0.0502. The van der Waals surface area contributed by atoms with Crippen LogP contribution in [0.4, 0.5) is 5.69 Å². The third kappa shape index (κ3) is 3.56. The van der Waals surface area contributed by atoms with Gasteiger partial charge >= 0.3 is 0 Å². The molecular weight excluding hydrogens is 260 g/mol. The summed E-state index contributed by atoms with van der Waals surface area (Å²) in [6.07, 6.45) is 1.61. The third-order valence-corrected chi connectivity index (χ3v) is 4.79. The highest BCUT2D eigenvalue weighted by Crippen LogP contribution is 2.18. The van der Waals surface area contributed by atoms with Gasteiger partial charge in [0.15, 0.2) is 0 Å². The van der Waals surface area contributed by atoms with Crippen LogP contribution < -0.4 is 10.6 Å². The Balaban J connectivity index is 2.07. The number of aryl methyl sites for hydroxylation is 1. The zero-order valence-electron chi connectivity index (χ0n) is 11.4. The molecule has 0 unspecified atom stereocenters. The van der Waals surface area contributed by atoms with Crippen LogP contribution in [-0.2, 0) is 10.8 Å². The average Bonchev–Trinajstić information content (AvgIpc) is 2.41. The van der Waals surface area contributed by atoms with E-state index in [-0.39, 0.29) is 11.9 Å². The lowest BCUT2D eigenvalue weighted by Gasteiger charge is -2.23. The molecule has 104 valence electrons. The fourth-order valence-corrected chi connectivity index (χ4v) is 3.56. The first-order chi connectivity index (χ1) is 9.10. The number of rotatable bonds is 3. The van der Waals surface area contributed by atoms with Crippen molar-refractivity contribution in [1.82, 2.24) is 5.32 Å². The van der Waals surface area contributed by atoms with E-state index in [9.17, 15) is 9.00 Å². The molecule has 0 spiro atoms. The van der Waals surface area contributed by atoms with Gasteiger partial charge in [-0.25, -0.2) is 0 Å². The van der Waals surface area contributed by atoms with E-state index in [0.29, 0.717) is 17.1 Å². The second kappa shape index (κ2) is 6.19. The SMILES string of the molecule is CNc1ccc(C)cc1C(=O)NC1CCS(=O)CC1. The molecule has 1 aromatic carbocycles. The molecule has 1 aliphatic rings. The second-order valence-corrected chi connectivity index (χ2v) is 6.59. The van der Waals surface area contributed by atoms with Crippen molar-refractivity contribution >= 4 is 22.4 Å². The monoisotopic (exact) mass is 280 g/mol.